The summed E-state index contributed by atoms with van der Waals surface area (Å²) < 4.78 is 0. The molecule has 0 saturated heterocycles. The fraction of sp³-hybridized carbons (Fsp3) is 0.156. The van der Waals surface area contributed by atoms with Crippen molar-refractivity contribution < 1.29 is 19.5 Å². The summed E-state index contributed by atoms with van der Waals surface area (Å²) in [5, 5.41) is 13.0. The topological polar surface area (TPSA) is 86.7 Å². The lowest BCUT2D eigenvalue weighted by molar-refractivity contribution is -0.156. The standard InChI is InChI=1S/C32H28Cl2N2O4/c33-28-17-24(18-29(34)19-28)21-36(31(38)32(39)40)20-23-11-13-26(14-12-23)30(37)35-15-5-7-22-6-4-10-27(16-22)25-8-2-1-3-9-25/h1-4,6,8-14,16-19H,5,7,15,20-21H2,(H,35,37)(H,39,40). The van der Waals surface area contributed by atoms with Gasteiger partial charge in [-0.1, -0.05) is 89.9 Å². The molecule has 0 heterocycles. The third-order valence-electron chi connectivity index (χ3n) is 6.32. The first-order chi connectivity index (χ1) is 19.3. The van der Waals surface area contributed by atoms with Gasteiger partial charge in [0.2, 0.25) is 0 Å². The Morgan fingerprint density at radius 1 is 0.700 bits per heavy atom. The molecule has 0 radical (unpaired) electrons. The number of amides is 2. The van der Waals surface area contributed by atoms with Crippen LogP contribution in [0.25, 0.3) is 11.1 Å². The summed E-state index contributed by atoms with van der Waals surface area (Å²) in [5.41, 5.74) is 5.31. The maximum absolute atomic E-state index is 12.7. The molecule has 40 heavy (non-hydrogen) atoms. The molecule has 2 N–H and O–H groups in total. The minimum absolute atomic E-state index is 0.0158. The summed E-state index contributed by atoms with van der Waals surface area (Å²) in [6, 6.07) is 30.2. The van der Waals surface area contributed by atoms with Crippen molar-refractivity contribution in [3.63, 3.8) is 0 Å². The minimum atomic E-state index is -1.56. The van der Waals surface area contributed by atoms with Crippen molar-refractivity contribution in [2.24, 2.45) is 0 Å². The first-order valence-electron chi connectivity index (χ1n) is 12.8. The molecule has 4 aromatic rings. The molecule has 0 saturated carbocycles. The Bertz CT molecular complexity index is 1470. The van der Waals surface area contributed by atoms with E-state index in [0.717, 1.165) is 12.8 Å². The Hall–Kier alpha value is -4.13. The highest BCUT2D eigenvalue weighted by molar-refractivity contribution is 6.34. The van der Waals surface area contributed by atoms with Crippen molar-refractivity contribution >= 4 is 41.0 Å². The van der Waals surface area contributed by atoms with Gasteiger partial charge in [-0.05, 0) is 71.0 Å². The molecule has 4 aromatic carbocycles. The van der Waals surface area contributed by atoms with E-state index in [1.807, 2.05) is 24.3 Å². The first-order valence-corrected chi connectivity index (χ1v) is 13.5. The number of hydrogen-bond acceptors (Lipinski definition) is 3. The zero-order chi connectivity index (χ0) is 28.5. The number of hydrogen-bond donors (Lipinski definition) is 2. The molecule has 4 rings (SSSR count). The molecule has 0 unspecified atom stereocenters. The highest BCUT2D eigenvalue weighted by Gasteiger charge is 2.22. The number of carbonyl (C=O) groups is 3. The summed E-state index contributed by atoms with van der Waals surface area (Å²) in [5.74, 6) is -2.81. The van der Waals surface area contributed by atoms with Crippen LogP contribution < -0.4 is 5.32 Å². The lowest BCUT2D eigenvalue weighted by Crippen LogP contribution is -2.35. The van der Waals surface area contributed by atoms with Crippen LogP contribution in [-0.4, -0.2) is 34.3 Å². The Morgan fingerprint density at radius 2 is 1.35 bits per heavy atom. The molecule has 0 bridgehead atoms. The second kappa shape index (κ2) is 13.8. The zero-order valence-corrected chi connectivity index (χ0v) is 23.2. The van der Waals surface area contributed by atoms with E-state index in [9.17, 15) is 19.5 Å². The molecular weight excluding hydrogens is 547 g/mol. The molecule has 204 valence electrons. The van der Waals surface area contributed by atoms with Crippen LogP contribution in [-0.2, 0) is 29.1 Å². The number of aryl methyl sites for hydroxylation is 1. The number of aliphatic carboxylic acids is 1. The van der Waals surface area contributed by atoms with Gasteiger partial charge in [0.15, 0.2) is 0 Å². The summed E-state index contributed by atoms with van der Waals surface area (Å²) in [6.07, 6.45) is 1.63. The van der Waals surface area contributed by atoms with Gasteiger partial charge < -0.3 is 15.3 Å². The lowest BCUT2D eigenvalue weighted by Gasteiger charge is -2.21. The highest BCUT2D eigenvalue weighted by Crippen LogP contribution is 2.22. The average molecular weight is 575 g/mol. The molecule has 0 spiro atoms. The number of carboxylic acids is 1. The predicted molar refractivity (Wildman–Crippen MR) is 157 cm³/mol. The molecule has 0 atom stereocenters. The van der Waals surface area contributed by atoms with Crippen LogP contribution in [0.15, 0.2) is 97.1 Å². The molecule has 8 heteroatoms. The van der Waals surface area contributed by atoms with E-state index in [1.165, 1.54) is 21.6 Å². The normalized spacial score (nSPS) is 10.7. The number of rotatable bonds is 10. The molecule has 0 aliphatic heterocycles. The van der Waals surface area contributed by atoms with Gasteiger partial charge in [-0.2, -0.15) is 0 Å². The zero-order valence-electron chi connectivity index (χ0n) is 21.6. The van der Waals surface area contributed by atoms with Crippen LogP contribution >= 0.6 is 23.2 Å². The highest BCUT2D eigenvalue weighted by atomic mass is 35.5. The summed E-state index contributed by atoms with van der Waals surface area (Å²) in [4.78, 5) is 37.6. The van der Waals surface area contributed by atoms with E-state index < -0.39 is 11.9 Å². The van der Waals surface area contributed by atoms with Crippen LogP contribution in [0.3, 0.4) is 0 Å². The van der Waals surface area contributed by atoms with Crippen molar-refractivity contribution in [1.29, 1.82) is 0 Å². The van der Waals surface area contributed by atoms with E-state index in [1.54, 1.807) is 42.5 Å². The van der Waals surface area contributed by atoms with Crippen LogP contribution in [0.5, 0.6) is 0 Å². The Kier molecular flexibility index (Phi) is 9.95. The lowest BCUT2D eigenvalue weighted by atomic mass is 10.0. The van der Waals surface area contributed by atoms with Crippen LogP contribution in [0.2, 0.25) is 10.0 Å². The smallest absolute Gasteiger partial charge is 0.394 e. The van der Waals surface area contributed by atoms with Gasteiger partial charge in [-0.25, -0.2) is 4.79 Å². The van der Waals surface area contributed by atoms with E-state index in [2.05, 4.69) is 35.6 Å². The van der Waals surface area contributed by atoms with Gasteiger partial charge in [0.1, 0.15) is 0 Å². The SMILES string of the molecule is O=C(O)C(=O)N(Cc1ccc(C(=O)NCCCc2cccc(-c3ccccc3)c2)cc1)Cc1cc(Cl)cc(Cl)c1. The predicted octanol–water partition coefficient (Wildman–Crippen LogP) is 6.64. The van der Waals surface area contributed by atoms with Crippen molar-refractivity contribution in [3.8, 4) is 11.1 Å². The van der Waals surface area contributed by atoms with Crippen LogP contribution in [0.4, 0.5) is 0 Å². The van der Waals surface area contributed by atoms with Gasteiger partial charge in [0.25, 0.3) is 5.91 Å². The van der Waals surface area contributed by atoms with Crippen molar-refractivity contribution in [1.82, 2.24) is 10.2 Å². The second-order valence-electron chi connectivity index (χ2n) is 9.37. The molecule has 0 aromatic heterocycles. The number of carbonyl (C=O) groups excluding carboxylic acids is 2. The molecule has 0 fully saturated rings. The summed E-state index contributed by atoms with van der Waals surface area (Å²) in [6.45, 7) is 0.584. The summed E-state index contributed by atoms with van der Waals surface area (Å²) >= 11 is 12.1. The number of nitrogens with zero attached hydrogens (tertiary/aromatic N) is 1. The Morgan fingerprint density at radius 3 is 2.02 bits per heavy atom. The van der Waals surface area contributed by atoms with Gasteiger partial charge in [-0.15, -0.1) is 0 Å². The average Bonchev–Trinajstić information content (AvgIpc) is 2.95. The molecule has 0 aliphatic rings. The number of carboxylic acid groups (broad SMARTS) is 1. The van der Waals surface area contributed by atoms with Crippen molar-refractivity contribution in [2.45, 2.75) is 25.9 Å². The maximum Gasteiger partial charge on any atom is 0.394 e. The molecule has 0 aliphatic carbocycles. The van der Waals surface area contributed by atoms with Crippen LogP contribution in [0.1, 0.15) is 33.5 Å². The van der Waals surface area contributed by atoms with E-state index in [0.29, 0.717) is 33.3 Å². The molecule has 2 amide bonds. The summed E-state index contributed by atoms with van der Waals surface area (Å²) in [7, 11) is 0. The first kappa shape index (κ1) is 28.9. The third-order valence-corrected chi connectivity index (χ3v) is 6.75. The van der Waals surface area contributed by atoms with E-state index in [4.69, 9.17) is 23.2 Å². The molecular formula is C32H28Cl2N2O4. The molecule has 6 nitrogen and oxygen atoms in total. The fourth-order valence-electron chi connectivity index (χ4n) is 4.37. The van der Waals surface area contributed by atoms with E-state index >= 15 is 0 Å². The van der Waals surface area contributed by atoms with Gasteiger partial charge in [-0.3, -0.25) is 9.59 Å². The maximum atomic E-state index is 12.7. The Labute approximate surface area is 243 Å². The fourth-order valence-corrected chi connectivity index (χ4v) is 4.94. The number of halogens is 2. The minimum Gasteiger partial charge on any atom is -0.474 e. The largest absolute Gasteiger partial charge is 0.474 e. The van der Waals surface area contributed by atoms with Crippen molar-refractivity contribution in [2.75, 3.05) is 6.54 Å². The van der Waals surface area contributed by atoms with Crippen LogP contribution in [0, 0.1) is 0 Å². The van der Waals surface area contributed by atoms with Crippen molar-refractivity contribution in [3.05, 3.63) is 129 Å². The monoisotopic (exact) mass is 574 g/mol. The quantitative estimate of drug-likeness (QED) is 0.164. The van der Waals surface area contributed by atoms with E-state index in [-0.39, 0.29) is 19.0 Å². The Balaban J connectivity index is 1.30. The van der Waals surface area contributed by atoms with Gasteiger partial charge >= 0.3 is 11.9 Å². The number of benzene rings is 4. The second-order valence-corrected chi connectivity index (χ2v) is 10.2. The number of nitrogens with one attached hydrogen (secondary N) is 1. The third kappa shape index (κ3) is 8.18. The van der Waals surface area contributed by atoms with Gasteiger partial charge in [0, 0.05) is 35.2 Å². The van der Waals surface area contributed by atoms with Gasteiger partial charge in [0.05, 0.1) is 0 Å².